The number of amides is 1. The molecule has 0 bridgehead atoms. The van der Waals surface area contributed by atoms with Crippen molar-refractivity contribution in [3.63, 3.8) is 0 Å². The van der Waals surface area contributed by atoms with Crippen LogP contribution in [0.4, 0.5) is 0 Å². The summed E-state index contributed by atoms with van der Waals surface area (Å²) in [6.07, 6.45) is 4.06. The predicted octanol–water partition coefficient (Wildman–Crippen LogP) is 2.29. The minimum Gasteiger partial charge on any atom is -0.357 e. The monoisotopic (exact) mass is 387 g/mol. The van der Waals surface area contributed by atoms with Gasteiger partial charge in [-0.15, -0.1) is 0 Å². The number of aliphatic imine (C=N–C) groups is 1. The van der Waals surface area contributed by atoms with Crippen LogP contribution in [-0.2, 0) is 17.8 Å². The molecule has 1 amide bonds. The van der Waals surface area contributed by atoms with Crippen LogP contribution in [-0.4, -0.2) is 55.5 Å². The maximum Gasteiger partial charge on any atom is 0.234 e. The summed E-state index contributed by atoms with van der Waals surface area (Å²) in [5.41, 5.74) is 2.65. The molecule has 1 aliphatic heterocycles. The zero-order valence-corrected chi connectivity index (χ0v) is 17.8. The maximum atomic E-state index is 11.9. The Balaban J connectivity index is 1.83. The van der Waals surface area contributed by atoms with Gasteiger partial charge in [0.05, 0.1) is 13.1 Å². The number of carbonyl (C=O) groups excluding carboxylic acids is 1. The van der Waals surface area contributed by atoms with Gasteiger partial charge in [0, 0.05) is 32.2 Å². The second-order valence-electron chi connectivity index (χ2n) is 7.36. The molecule has 6 heteroatoms. The number of hydrogen-bond acceptors (Lipinski definition) is 3. The van der Waals surface area contributed by atoms with E-state index in [0.717, 1.165) is 57.8 Å². The molecule has 28 heavy (non-hydrogen) atoms. The number of carbonyl (C=O) groups is 1. The Hall–Kier alpha value is -2.08. The molecule has 1 fully saturated rings. The lowest BCUT2D eigenvalue weighted by Crippen LogP contribution is -2.50. The molecule has 0 aliphatic carbocycles. The molecule has 1 aliphatic rings. The van der Waals surface area contributed by atoms with Gasteiger partial charge >= 0.3 is 0 Å². The summed E-state index contributed by atoms with van der Waals surface area (Å²) < 4.78 is 0. The summed E-state index contributed by atoms with van der Waals surface area (Å²) >= 11 is 0. The first-order valence-electron chi connectivity index (χ1n) is 10.8. The zero-order valence-electron chi connectivity index (χ0n) is 17.8. The molecule has 2 rings (SSSR count). The van der Waals surface area contributed by atoms with E-state index >= 15 is 0 Å². The van der Waals surface area contributed by atoms with Crippen LogP contribution in [0.25, 0.3) is 0 Å². The number of aryl methyl sites for hydroxylation is 1. The Kier molecular flexibility index (Phi) is 9.83. The standard InChI is InChI=1S/C22H37N5O/c1-4-13-24-21(28)17-27-14-11-20(12-15-27)26-22(23-6-3)25-16-19-10-8-7-9-18(19)5-2/h7-10,20H,4-6,11-17H2,1-3H3,(H,24,28)(H2,23,25,26). The summed E-state index contributed by atoms with van der Waals surface area (Å²) in [6, 6.07) is 8.91. The molecule has 0 radical (unpaired) electrons. The fraction of sp³-hybridized carbons (Fsp3) is 0.636. The third-order valence-corrected chi connectivity index (χ3v) is 5.12. The van der Waals surface area contributed by atoms with Crippen LogP contribution >= 0.6 is 0 Å². The molecule has 1 aromatic carbocycles. The molecule has 0 atom stereocenters. The first-order chi connectivity index (χ1) is 13.7. The summed E-state index contributed by atoms with van der Waals surface area (Å²) in [7, 11) is 0. The van der Waals surface area contributed by atoms with Gasteiger partial charge in [0.25, 0.3) is 0 Å². The Bertz CT molecular complexity index is 623. The molecule has 156 valence electrons. The van der Waals surface area contributed by atoms with E-state index in [1.54, 1.807) is 0 Å². The van der Waals surface area contributed by atoms with Gasteiger partial charge in [-0.2, -0.15) is 0 Å². The van der Waals surface area contributed by atoms with Crippen molar-refractivity contribution in [2.75, 3.05) is 32.7 Å². The molecule has 0 saturated carbocycles. The number of likely N-dealkylation sites (tertiary alicyclic amines) is 1. The first kappa shape index (κ1) is 22.2. The average molecular weight is 388 g/mol. The highest BCUT2D eigenvalue weighted by Gasteiger charge is 2.21. The highest BCUT2D eigenvalue weighted by molar-refractivity contribution is 5.80. The van der Waals surface area contributed by atoms with E-state index in [0.29, 0.717) is 19.1 Å². The number of nitrogens with one attached hydrogen (secondary N) is 3. The van der Waals surface area contributed by atoms with Crippen molar-refractivity contribution >= 4 is 11.9 Å². The highest BCUT2D eigenvalue weighted by Crippen LogP contribution is 2.12. The van der Waals surface area contributed by atoms with Gasteiger partial charge in [-0.3, -0.25) is 9.69 Å². The quantitative estimate of drug-likeness (QED) is 0.449. The molecule has 1 saturated heterocycles. The van der Waals surface area contributed by atoms with E-state index < -0.39 is 0 Å². The van der Waals surface area contributed by atoms with E-state index in [2.05, 4.69) is 65.9 Å². The second kappa shape index (κ2) is 12.4. The van der Waals surface area contributed by atoms with E-state index in [4.69, 9.17) is 4.99 Å². The van der Waals surface area contributed by atoms with Crippen molar-refractivity contribution in [2.45, 2.75) is 59.0 Å². The number of hydrogen-bond donors (Lipinski definition) is 3. The number of rotatable bonds is 9. The predicted molar refractivity (Wildman–Crippen MR) is 117 cm³/mol. The van der Waals surface area contributed by atoms with E-state index in [1.165, 1.54) is 11.1 Å². The lowest BCUT2D eigenvalue weighted by molar-refractivity contribution is -0.122. The molecule has 3 N–H and O–H groups in total. The van der Waals surface area contributed by atoms with Gasteiger partial charge in [0.1, 0.15) is 0 Å². The van der Waals surface area contributed by atoms with E-state index in [1.807, 2.05) is 0 Å². The number of piperidine rings is 1. The summed E-state index contributed by atoms with van der Waals surface area (Å²) in [4.78, 5) is 18.9. The van der Waals surface area contributed by atoms with Gasteiger partial charge in [0.15, 0.2) is 5.96 Å². The third-order valence-electron chi connectivity index (χ3n) is 5.12. The SMILES string of the molecule is CCCNC(=O)CN1CCC(NC(=NCc2ccccc2CC)NCC)CC1. The van der Waals surface area contributed by atoms with Crippen LogP contribution in [0.15, 0.2) is 29.3 Å². The molecule has 0 aromatic heterocycles. The summed E-state index contributed by atoms with van der Waals surface area (Å²) in [5.74, 6) is 1.02. The topological polar surface area (TPSA) is 68.8 Å². The van der Waals surface area contributed by atoms with E-state index in [-0.39, 0.29) is 5.91 Å². The lowest BCUT2D eigenvalue weighted by atomic mass is 10.1. The van der Waals surface area contributed by atoms with Gasteiger partial charge in [-0.25, -0.2) is 4.99 Å². The highest BCUT2D eigenvalue weighted by atomic mass is 16.2. The largest absolute Gasteiger partial charge is 0.357 e. The van der Waals surface area contributed by atoms with Gasteiger partial charge in [-0.05, 0) is 43.7 Å². The van der Waals surface area contributed by atoms with Gasteiger partial charge in [0.2, 0.25) is 5.91 Å². The fourth-order valence-electron chi connectivity index (χ4n) is 3.49. The third kappa shape index (κ3) is 7.50. The maximum absolute atomic E-state index is 11.9. The van der Waals surface area contributed by atoms with Gasteiger partial charge < -0.3 is 16.0 Å². The molecule has 0 unspecified atom stereocenters. The first-order valence-corrected chi connectivity index (χ1v) is 10.8. The van der Waals surface area contributed by atoms with Crippen LogP contribution in [0.5, 0.6) is 0 Å². The van der Waals surface area contributed by atoms with Crippen molar-refractivity contribution < 1.29 is 4.79 Å². The molecular weight excluding hydrogens is 350 g/mol. The minimum atomic E-state index is 0.137. The van der Waals surface area contributed by atoms with Crippen LogP contribution < -0.4 is 16.0 Å². The summed E-state index contributed by atoms with van der Waals surface area (Å²) in [5, 5.41) is 9.91. The van der Waals surface area contributed by atoms with Crippen molar-refractivity contribution in [3.05, 3.63) is 35.4 Å². The normalized spacial score (nSPS) is 16.0. The Morgan fingerprint density at radius 3 is 2.46 bits per heavy atom. The minimum absolute atomic E-state index is 0.137. The molecule has 0 spiro atoms. The molecule has 6 nitrogen and oxygen atoms in total. The Morgan fingerprint density at radius 2 is 1.82 bits per heavy atom. The zero-order chi connectivity index (χ0) is 20.2. The Morgan fingerprint density at radius 1 is 1.11 bits per heavy atom. The molecule has 1 heterocycles. The van der Waals surface area contributed by atoms with Crippen molar-refractivity contribution in [3.8, 4) is 0 Å². The van der Waals surface area contributed by atoms with Crippen molar-refractivity contribution in [1.82, 2.24) is 20.9 Å². The smallest absolute Gasteiger partial charge is 0.234 e. The van der Waals surface area contributed by atoms with Crippen molar-refractivity contribution in [1.29, 1.82) is 0 Å². The number of guanidine groups is 1. The molecule has 1 aromatic rings. The van der Waals surface area contributed by atoms with Crippen LogP contribution in [0, 0.1) is 0 Å². The van der Waals surface area contributed by atoms with Crippen LogP contribution in [0.3, 0.4) is 0 Å². The Labute approximate surface area is 170 Å². The summed E-state index contributed by atoms with van der Waals surface area (Å²) in [6.45, 7) is 11.0. The molecular formula is C22H37N5O. The van der Waals surface area contributed by atoms with Crippen LogP contribution in [0.1, 0.15) is 51.2 Å². The number of nitrogens with zero attached hydrogens (tertiary/aromatic N) is 2. The fourth-order valence-corrected chi connectivity index (χ4v) is 3.49. The van der Waals surface area contributed by atoms with Gasteiger partial charge in [-0.1, -0.05) is 38.1 Å². The van der Waals surface area contributed by atoms with Crippen LogP contribution in [0.2, 0.25) is 0 Å². The second-order valence-corrected chi connectivity index (χ2v) is 7.36. The lowest BCUT2D eigenvalue weighted by Gasteiger charge is -2.32. The number of benzene rings is 1. The van der Waals surface area contributed by atoms with Crippen molar-refractivity contribution in [2.24, 2.45) is 4.99 Å². The average Bonchev–Trinajstić information content (AvgIpc) is 2.72. The van der Waals surface area contributed by atoms with E-state index in [9.17, 15) is 4.79 Å².